The summed E-state index contributed by atoms with van der Waals surface area (Å²) in [6.45, 7) is 2.22. The average molecular weight is 229 g/mol. The molecule has 1 unspecified atom stereocenters. The van der Waals surface area contributed by atoms with Gasteiger partial charge in [-0.3, -0.25) is 0 Å². The Labute approximate surface area is 103 Å². The van der Waals surface area contributed by atoms with E-state index < -0.39 is 0 Å². The Morgan fingerprint density at radius 3 is 2.76 bits per heavy atom. The first kappa shape index (κ1) is 11.8. The number of nitrogens with two attached hydrogens (primary N) is 1. The predicted octanol–water partition coefficient (Wildman–Crippen LogP) is 3.13. The number of anilines is 2. The van der Waals surface area contributed by atoms with Crippen molar-refractivity contribution in [2.45, 2.75) is 38.6 Å². The van der Waals surface area contributed by atoms with E-state index in [1.807, 2.05) is 12.1 Å². The highest BCUT2D eigenvalue weighted by molar-refractivity contribution is 5.62. The van der Waals surface area contributed by atoms with E-state index in [-0.39, 0.29) is 0 Å². The van der Waals surface area contributed by atoms with Gasteiger partial charge in [-0.05, 0) is 43.9 Å². The molecule has 0 bridgehead atoms. The van der Waals surface area contributed by atoms with Crippen LogP contribution in [-0.4, -0.2) is 6.04 Å². The van der Waals surface area contributed by atoms with Crippen molar-refractivity contribution < 1.29 is 0 Å². The van der Waals surface area contributed by atoms with Gasteiger partial charge in [-0.25, -0.2) is 0 Å². The highest BCUT2D eigenvalue weighted by Gasteiger charge is 2.21. The molecule has 2 rings (SSSR count). The maximum atomic E-state index is 8.93. The van der Waals surface area contributed by atoms with Gasteiger partial charge in [0.15, 0.2) is 0 Å². The van der Waals surface area contributed by atoms with Gasteiger partial charge in [-0.15, -0.1) is 0 Å². The molecule has 0 saturated heterocycles. The lowest BCUT2D eigenvalue weighted by atomic mass is 9.99. The Kier molecular flexibility index (Phi) is 3.53. The Morgan fingerprint density at radius 1 is 1.41 bits per heavy atom. The van der Waals surface area contributed by atoms with Crippen LogP contribution >= 0.6 is 0 Å². The van der Waals surface area contributed by atoms with Gasteiger partial charge >= 0.3 is 0 Å². The normalized spacial score (nSPS) is 17.6. The van der Waals surface area contributed by atoms with E-state index in [0.717, 1.165) is 11.6 Å². The lowest BCUT2D eigenvalue weighted by Gasteiger charge is -2.21. The van der Waals surface area contributed by atoms with Gasteiger partial charge in [0, 0.05) is 17.4 Å². The number of nitrogen functional groups attached to an aromatic ring is 1. The minimum atomic E-state index is 0.465. The monoisotopic (exact) mass is 229 g/mol. The van der Waals surface area contributed by atoms with Gasteiger partial charge in [0.05, 0.1) is 5.56 Å². The van der Waals surface area contributed by atoms with Crippen LogP contribution in [-0.2, 0) is 0 Å². The Hall–Kier alpha value is -1.69. The summed E-state index contributed by atoms with van der Waals surface area (Å²) in [4.78, 5) is 0. The largest absolute Gasteiger partial charge is 0.398 e. The average Bonchev–Trinajstić information content (AvgIpc) is 2.85. The minimum Gasteiger partial charge on any atom is -0.398 e. The third-order valence-corrected chi connectivity index (χ3v) is 3.68. The van der Waals surface area contributed by atoms with Crippen LogP contribution in [0.5, 0.6) is 0 Å². The molecule has 0 spiro atoms. The molecule has 1 aromatic rings. The Balaban J connectivity index is 2.05. The van der Waals surface area contributed by atoms with Crippen LogP contribution in [0.25, 0.3) is 0 Å². The van der Waals surface area contributed by atoms with Crippen LogP contribution in [0.4, 0.5) is 11.4 Å². The van der Waals surface area contributed by atoms with Crippen molar-refractivity contribution in [2.75, 3.05) is 11.1 Å². The fraction of sp³-hybridized carbons (Fsp3) is 0.500. The first-order chi connectivity index (χ1) is 8.20. The molecule has 3 nitrogen and oxygen atoms in total. The molecule has 1 fully saturated rings. The summed E-state index contributed by atoms with van der Waals surface area (Å²) in [6.07, 6.45) is 5.33. The second-order valence-corrected chi connectivity index (χ2v) is 4.89. The molecule has 1 aliphatic rings. The van der Waals surface area contributed by atoms with Crippen molar-refractivity contribution in [3.8, 4) is 6.07 Å². The summed E-state index contributed by atoms with van der Waals surface area (Å²) in [5.74, 6) is 0.762. The topological polar surface area (TPSA) is 61.8 Å². The zero-order valence-electron chi connectivity index (χ0n) is 10.2. The number of nitriles is 1. The zero-order valence-corrected chi connectivity index (χ0v) is 10.2. The van der Waals surface area contributed by atoms with E-state index in [0.29, 0.717) is 17.3 Å². The van der Waals surface area contributed by atoms with Crippen LogP contribution in [0.15, 0.2) is 18.2 Å². The van der Waals surface area contributed by atoms with Crippen LogP contribution in [0.2, 0.25) is 0 Å². The first-order valence-corrected chi connectivity index (χ1v) is 6.27. The van der Waals surface area contributed by atoms with Crippen LogP contribution < -0.4 is 11.1 Å². The van der Waals surface area contributed by atoms with Gasteiger partial charge in [0.2, 0.25) is 0 Å². The fourth-order valence-corrected chi connectivity index (χ4v) is 2.58. The quantitative estimate of drug-likeness (QED) is 0.783. The number of hydrogen-bond donors (Lipinski definition) is 2. The van der Waals surface area contributed by atoms with Crippen molar-refractivity contribution in [1.29, 1.82) is 5.26 Å². The second-order valence-electron chi connectivity index (χ2n) is 4.89. The summed E-state index contributed by atoms with van der Waals surface area (Å²) in [5.41, 5.74) is 7.80. The summed E-state index contributed by atoms with van der Waals surface area (Å²) in [6, 6.07) is 8.15. The van der Waals surface area contributed by atoms with Crippen molar-refractivity contribution in [1.82, 2.24) is 0 Å². The molecular weight excluding hydrogens is 210 g/mol. The van der Waals surface area contributed by atoms with Crippen LogP contribution in [0.1, 0.15) is 38.2 Å². The summed E-state index contributed by atoms with van der Waals surface area (Å²) < 4.78 is 0. The van der Waals surface area contributed by atoms with E-state index in [1.54, 1.807) is 6.07 Å². The number of benzene rings is 1. The molecule has 3 N–H and O–H groups in total. The van der Waals surface area contributed by atoms with Gasteiger partial charge in [0.1, 0.15) is 6.07 Å². The lowest BCUT2D eigenvalue weighted by molar-refractivity contribution is 0.482. The van der Waals surface area contributed by atoms with Crippen LogP contribution in [0.3, 0.4) is 0 Å². The highest BCUT2D eigenvalue weighted by Crippen LogP contribution is 2.29. The molecule has 17 heavy (non-hydrogen) atoms. The van der Waals surface area contributed by atoms with Gasteiger partial charge < -0.3 is 11.1 Å². The molecule has 1 aliphatic carbocycles. The summed E-state index contributed by atoms with van der Waals surface area (Å²) in [7, 11) is 0. The molecule has 0 radical (unpaired) electrons. The van der Waals surface area contributed by atoms with E-state index in [2.05, 4.69) is 18.3 Å². The highest BCUT2D eigenvalue weighted by atomic mass is 14.9. The van der Waals surface area contributed by atoms with Gasteiger partial charge in [-0.1, -0.05) is 12.8 Å². The standard InChI is InChI=1S/C14H19N3/c1-10(11-4-2-3-5-11)17-13-6-7-14(16)12(8-13)9-15/h6-8,10-11,17H,2-5,16H2,1H3. The maximum Gasteiger partial charge on any atom is 0.101 e. The van der Waals surface area contributed by atoms with Crippen molar-refractivity contribution in [3.05, 3.63) is 23.8 Å². The van der Waals surface area contributed by atoms with Crippen LogP contribution in [0, 0.1) is 17.2 Å². The maximum absolute atomic E-state index is 8.93. The van der Waals surface area contributed by atoms with Crippen molar-refractivity contribution in [2.24, 2.45) is 5.92 Å². The third kappa shape index (κ3) is 2.71. The SMILES string of the molecule is CC(Nc1ccc(N)c(C#N)c1)C1CCCC1. The lowest BCUT2D eigenvalue weighted by Crippen LogP contribution is -2.23. The zero-order chi connectivity index (χ0) is 12.3. The van der Waals surface area contributed by atoms with Gasteiger partial charge in [0.25, 0.3) is 0 Å². The molecule has 90 valence electrons. The molecule has 1 atom stereocenters. The Bertz CT molecular complexity index is 428. The van der Waals surface area contributed by atoms with E-state index in [4.69, 9.17) is 11.0 Å². The first-order valence-electron chi connectivity index (χ1n) is 6.27. The molecule has 0 aliphatic heterocycles. The van der Waals surface area contributed by atoms with Gasteiger partial charge in [-0.2, -0.15) is 5.26 Å². The molecule has 1 saturated carbocycles. The van der Waals surface area contributed by atoms with Crippen molar-refractivity contribution in [3.63, 3.8) is 0 Å². The fourth-order valence-electron chi connectivity index (χ4n) is 2.58. The minimum absolute atomic E-state index is 0.465. The second kappa shape index (κ2) is 5.09. The van der Waals surface area contributed by atoms with E-state index in [9.17, 15) is 0 Å². The molecule has 0 amide bonds. The summed E-state index contributed by atoms with van der Waals surface area (Å²) in [5, 5.41) is 12.4. The Morgan fingerprint density at radius 2 is 2.12 bits per heavy atom. The molecule has 0 heterocycles. The molecular formula is C14H19N3. The number of nitrogens with one attached hydrogen (secondary N) is 1. The smallest absolute Gasteiger partial charge is 0.101 e. The third-order valence-electron chi connectivity index (χ3n) is 3.68. The summed E-state index contributed by atoms with van der Waals surface area (Å²) >= 11 is 0. The molecule has 0 aromatic heterocycles. The van der Waals surface area contributed by atoms with E-state index >= 15 is 0 Å². The number of nitrogens with zero attached hydrogens (tertiary/aromatic N) is 1. The number of rotatable bonds is 3. The van der Waals surface area contributed by atoms with E-state index in [1.165, 1.54) is 25.7 Å². The molecule has 1 aromatic carbocycles. The predicted molar refractivity (Wildman–Crippen MR) is 70.6 cm³/mol. The molecule has 3 heteroatoms. The van der Waals surface area contributed by atoms with Crippen molar-refractivity contribution >= 4 is 11.4 Å². The number of hydrogen-bond acceptors (Lipinski definition) is 3.